The highest BCUT2D eigenvalue weighted by Gasteiger charge is 2.35. The number of aromatic nitrogens is 2. The van der Waals surface area contributed by atoms with Gasteiger partial charge in [0.05, 0.1) is 17.4 Å². The number of anilines is 1. The summed E-state index contributed by atoms with van der Waals surface area (Å²) >= 11 is 0. The monoisotopic (exact) mass is 239 g/mol. The first kappa shape index (κ1) is 10.2. The van der Waals surface area contributed by atoms with E-state index in [4.69, 9.17) is 0 Å². The summed E-state index contributed by atoms with van der Waals surface area (Å²) in [6.45, 7) is 1.07. The second-order valence-corrected chi connectivity index (χ2v) is 5.56. The zero-order chi connectivity index (χ0) is 11.9. The van der Waals surface area contributed by atoms with E-state index in [0.717, 1.165) is 29.8 Å². The number of allylic oxidation sites excluding steroid dienone is 2. The molecular formula is C15H17N3. The van der Waals surface area contributed by atoms with Crippen LogP contribution in [0.25, 0.3) is 10.9 Å². The van der Waals surface area contributed by atoms with Crippen LogP contribution in [0, 0.1) is 17.8 Å². The summed E-state index contributed by atoms with van der Waals surface area (Å²) in [7, 11) is 0. The van der Waals surface area contributed by atoms with Gasteiger partial charge in [-0.1, -0.05) is 24.3 Å². The molecule has 0 amide bonds. The van der Waals surface area contributed by atoms with Crippen molar-refractivity contribution in [2.45, 2.75) is 12.8 Å². The third-order valence-electron chi connectivity index (χ3n) is 4.45. The van der Waals surface area contributed by atoms with Crippen LogP contribution in [0.3, 0.4) is 0 Å². The molecule has 3 atom stereocenters. The number of fused-ring (bicyclic) bond motifs is 3. The predicted molar refractivity (Wildman–Crippen MR) is 73.4 cm³/mol. The molecule has 0 saturated heterocycles. The molecule has 0 spiro atoms. The Bertz CT molecular complexity index is 599. The summed E-state index contributed by atoms with van der Waals surface area (Å²) < 4.78 is 0. The van der Waals surface area contributed by atoms with Gasteiger partial charge in [0.2, 0.25) is 0 Å². The minimum atomic E-state index is 0.804. The van der Waals surface area contributed by atoms with Crippen molar-refractivity contribution in [3.63, 3.8) is 0 Å². The number of rotatable bonds is 3. The molecule has 1 saturated carbocycles. The fourth-order valence-electron chi connectivity index (χ4n) is 3.49. The Balaban J connectivity index is 1.52. The lowest BCUT2D eigenvalue weighted by molar-refractivity contribution is 0.472. The van der Waals surface area contributed by atoms with Crippen molar-refractivity contribution in [2.75, 3.05) is 11.9 Å². The van der Waals surface area contributed by atoms with Crippen molar-refractivity contribution >= 4 is 16.6 Å². The van der Waals surface area contributed by atoms with Gasteiger partial charge in [-0.2, -0.15) is 5.10 Å². The van der Waals surface area contributed by atoms with Crippen molar-refractivity contribution < 1.29 is 0 Å². The molecule has 2 bridgehead atoms. The molecule has 4 rings (SSSR count). The van der Waals surface area contributed by atoms with E-state index in [1.165, 1.54) is 23.9 Å². The molecule has 1 aromatic heterocycles. The van der Waals surface area contributed by atoms with Gasteiger partial charge < -0.3 is 5.32 Å². The molecule has 3 nitrogen and oxygen atoms in total. The van der Waals surface area contributed by atoms with Crippen molar-refractivity contribution in [2.24, 2.45) is 17.8 Å². The predicted octanol–water partition coefficient (Wildman–Crippen LogP) is 3.19. The summed E-state index contributed by atoms with van der Waals surface area (Å²) in [4.78, 5) is 0. The topological polar surface area (TPSA) is 40.7 Å². The normalized spacial score (nSPS) is 29.2. The fraction of sp³-hybridized carbons (Fsp3) is 0.400. The lowest BCUT2D eigenvalue weighted by Crippen LogP contribution is -2.18. The zero-order valence-corrected chi connectivity index (χ0v) is 10.3. The maximum atomic E-state index is 4.10. The summed E-state index contributed by atoms with van der Waals surface area (Å²) in [5, 5.41) is 11.9. The fourth-order valence-corrected chi connectivity index (χ4v) is 3.49. The average Bonchev–Trinajstić information content (AvgIpc) is 3.11. The van der Waals surface area contributed by atoms with Crippen molar-refractivity contribution in [1.82, 2.24) is 10.2 Å². The second kappa shape index (κ2) is 3.87. The summed E-state index contributed by atoms with van der Waals surface area (Å²) in [6.07, 6.45) is 9.42. The largest absolute Gasteiger partial charge is 0.383 e. The Morgan fingerprint density at radius 3 is 3.11 bits per heavy atom. The smallest absolute Gasteiger partial charge is 0.0881 e. The molecule has 3 unspecified atom stereocenters. The minimum Gasteiger partial charge on any atom is -0.383 e. The quantitative estimate of drug-likeness (QED) is 0.808. The number of para-hydroxylation sites is 1. The minimum absolute atomic E-state index is 0.804. The van der Waals surface area contributed by atoms with E-state index in [2.05, 4.69) is 45.9 Å². The number of nitrogens with one attached hydrogen (secondary N) is 2. The molecule has 2 N–H and O–H groups in total. The highest BCUT2D eigenvalue weighted by molar-refractivity contribution is 5.89. The van der Waals surface area contributed by atoms with Crippen LogP contribution in [0.15, 0.2) is 36.5 Å². The van der Waals surface area contributed by atoms with E-state index in [-0.39, 0.29) is 0 Å². The van der Waals surface area contributed by atoms with Gasteiger partial charge in [0.15, 0.2) is 0 Å². The van der Waals surface area contributed by atoms with Crippen molar-refractivity contribution in [3.05, 3.63) is 36.5 Å². The Kier molecular flexibility index (Phi) is 2.19. The zero-order valence-electron chi connectivity index (χ0n) is 10.3. The molecule has 2 aromatic rings. The van der Waals surface area contributed by atoms with Crippen LogP contribution in [0.4, 0.5) is 5.69 Å². The van der Waals surface area contributed by atoms with E-state index in [1.807, 2.05) is 6.20 Å². The third kappa shape index (κ3) is 1.54. The lowest BCUT2D eigenvalue weighted by Gasteiger charge is -2.19. The Morgan fingerprint density at radius 1 is 1.28 bits per heavy atom. The molecule has 92 valence electrons. The van der Waals surface area contributed by atoms with Gasteiger partial charge in [-0.15, -0.1) is 0 Å². The van der Waals surface area contributed by atoms with E-state index in [1.54, 1.807) is 0 Å². The standard InChI is InChI=1S/C15H17N3/c1-2-12-9-17-18-15(12)14(3-1)16-8-13-7-10-4-5-11(13)6-10/h1-5,9-11,13,16H,6-8H2,(H,17,18). The molecule has 1 heterocycles. The molecular weight excluding hydrogens is 222 g/mol. The second-order valence-electron chi connectivity index (χ2n) is 5.56. The number of H-pyrrole nitrogens is 1. The van der Waals surface area contributed by atoms with E-state index >= 15 is 0 Å². The van der Waals surface area contributed by atoms with Crippen LogP contribution in [-0.2, 0) is 0 Å². The van der Waals surface area contributed by atoms with E-state index in [9.17, 15) is 0 Å². The number of nitrogens with zero attached hydrogens (tertiary/aromatic N) is 1. The molecule has 1 fully saturated rings. The first-order valence-electron chi connectivity index (χ1n) is 6.74. The number of hydrogen-bond donors (Lipinski definition) is 2. The first-order chi connectivity index (χ1) is 8.90. The Labute approximate surface area is 106 Å². The lowest BCUT2D eigenvalue weighted by atomic mass is 9.93. The van der Waals surface area contributed by atoms with Crippen LogP contribution in [0.5, 0.6) is 0 Å². The summed E-state index contributed by atoms with van der Waals surface area (Å²) in [5.74, 6) is 2.46. The summed E-state index contributed by atoms with van der Waals surface area (Å²) in [5.41, 5.74) is 2.30. The highest BCUT2D eigenvalue weighted by Crippen LogP contribution is 2.43. The SMILES string of the molecule is C1=CC2CC1CC2CNc1cccc2cn[nH]c12. The van der Waals surface area contributed by atoms with Gasteiger partial charge in [-0.3, -0.25) is 5.10 Å². The van der Waals surface area contributed by atoms with E-state index in [0.29, 0.717) is 0 Å². The maximum absolute atomic E-state index is 4.10. The highest BCUT2D eigenvalue weighted by atomic mass is 15.1. The van der Waals surface area contributed by atoms with Gasteiger partial charge in [0, 0.05) is 11.9 Å². The molecule has 2 aliphatic carbocycles. The van der Waals surface area contributed by atoms with Crippen LogP contribution in [0.1, 0.15) is 12.8 Å². The first-order valence-corrected chi connectivity index (χ1v) is 6.74. The molecule has 18 heavy (non-hydrogen) atoms. The van der Waals surface area contributed by atoms with Gasteiger partial charge in [-0.25, -0.2) is 0 Å². The Hall–Kier alpha value is -1.77. The Morgan fingerprint density at radius 2 is 2.28 bits per heavy atom. The van der Waals surface area contributed by atoms with Crippen molar-refractivity contribution in [1.29, 1.82) is 0 Å². The van der Waals surface area contributed by atoms with Gasteiger partial charge in [0.25, 0.3) is 0 Å². The number of hydrogen-bond acceptors (Lipinski definition) is 2. The van der Waals surface area contributed by atoms with Crippen LogP contribution in [-0.4, -0.2) is 16.7 Å². The van der Waals surface area contributed by atoms with Crippen LogP contribution < -0.4 is 5.32 Å². The van der Waals surface area contributed by atoms with Gasteiger partial charge in [-0.05, 0) is 36.7 Å². The third-order valence-corrected chi connectivity index (χ3v) is 4.45. The number of aromatic amines is 1. The van der Waals surface area contributed by atoms with Crippen molar-refractivity contribution in [3.8, 4) is 0 Å². The average molecular weight is 239 g/mol. The van der Waals surface area contributed by atoms with Crippen LogP contribution >= 0.6 is 0 Å². The number of benzene rings is 1. The summed E-state index contributed by atoms with van der Waals surface area (Å²) in [6, 6.07) is 6.30. The van der Waals surface area contributed by atoms with Gasteiger partial charge >= 0.3 is 0 Å². The molecule has 0 radical (unpaired) electrons. The molecule has 1 aromatic carbocycles. The molecule has 3 heteroatoms. The van der Waals surface area contributed by atoms with E-state index < -0.39 is 0 Å². The molecule has 0 aliphatic heterocycles. The van der Waals surface area contributed by atoms with Gasteiger partial charge in [0.1, 0.15) is 0 Å². The molecule has 2 aliphatic rings. The maximum Gasteiger partial charge on any atom is 0.0881 e. The van der Waals surface area contributed by atoms with Crippen LogP contribution in [0.2, 0.25) is 0 Å².